The third kappa shape index (κ3) is 4.06. The lowest BCUT2D eigenvalue weighted by atomic mass is 9.71. The van der Waals surface area contributed by atoms with E-state index in [-0.39, 0.29) is 29.7 Å². The van der Waals surface area contributed by atoms with Crippen molar-refractivity contribution in [1.82, 2.24) is 4.90 Å². The Morgan fingerprint density at radius 1 is 1.03 bits per heavy atom. The van der Waals surface area contributed by atoms with Gasteiger partial charge in [0, 0.05) is 17.5 Å². The molecule has 1 aliphatic carbocycles. The summed E-state index contributed by atoms with van der Waals surface area (Å²) in [6.45, 7) is 3.38. The molecule has 0 saturated heterocycles. The zero-order valence-corrected chi connectivity index (χ0v) is 20.9. The molecule has 2 heterocycles. The maximum absolute atomic E-state index is 14.0. The van der Waals surface area contributed by atoms with Crippen molar-refractivity contribution in [2.24, 2.45) is 5.73 Å². The van der Waals surface area contributed by atoms with Crippen LogP contribution < -0.4 is 29.4 Å². The normalized spacial score (nSPS) is 19.5. The van der Waals surface area contributed by atoms with Crippen molar-refractivity contribution in [1.29, 1.82) is 0 Å². The summed E-state index contributed by atoms with van der Waals surface area (Å²) < 4.78 is 28.2. The molecule has 0 bridgehead atoms. The fourth-order valence-corrected chi connectivity index (χ4v) is 5.81. The number of carbonyl (C=O) groups is 2. The monoisotopic (exact) mass is 496 g/mol. The second kappa shape index (κ2) is 9.44. The van der Waals surface area contributed by atoms with Crippen molar-refractivity contribution in [3.05, 3.63) is 41.0 Å². The van der Waals surface area contributed by atoms with E-state index < -0.39 is 5.91 Å². The van der Waals surface area contributed by atoms with Crippen LogP contribution in [0.25, 0.3) is 0 Å². The topological polar surface area (TPSA) is 110 Å². The van der Waals surface area contributed by atoms with Gasteiger partial charge in [0.25, 0.3) is 11.8 Å². The first kappa shape index (κ1) is 24.1. The van der Waals surface area contributed by atoms with Gasteiger partial charge in [-0.2, -0.15) is 0 Å². The van der Waals surface area contributed by atoms with E-state index in [9.17, 15) is 9.59 Å². The number of benzene rings is 2. The van der Waals surface area contributed by atoms with Crippen LogP contribution in [0.15, 0.2) is 24.3 Å². The predicted octanol–water partition coefficient (Wildman–Crippen LogP) is 3.37. The highest BCUT2D eigenvalue weighted by molar-refractivity contribution is 5.96. The number of hydrogen-bond acceptors (Lipinski definition) is 7. The summed E-state index contributed by atoms with van der Waals surface area (Å²) in [6.07, 6.45) is 4.28. The maximum Gasteiger partial charge on any atom is 0.255 e. The van der Waals surface area contributed by atoms with E-state index in [1.54, 1.807) is 12.1 Å². The summed E-state index contributed by atoms with van der Waals surface area (Å²) in [5, 5.41) is 0. The number of amides is 2. The van der Waals surface area contributed by atoms with Crippen LogP contribution in [0.5, 0.6) is 28.7 Å². The van der Waals surface area contributed by atoms with Gasteiger partial charge < -0.3 is 34.3 Å². The first-order valence-corrected chi connectivity index (χ1v) is 12.3. The summed E-state index contributed by atoms with van der Waals surface area (Å²) in [7, 11) is 2.94. The second-order valence-corrected chi connectivity index (χ2v) is 9.64. The molecule has 9 nitrogen and oxygen atoms in total. The molecule has 5 rings (SSSR count). The Bertz CT molecular complexity index is 1160. The molecule has 2 aromatic carbocycles. The Hall–Kier alpha value is -3.62. The van der Waals surface area contributed by atoms with E-state index in [1.807, 2.05) is 11.8 Å². The molecule has 1 fully saturated rings. The van der Waals surface area contributed by atoms with Gasteiger partial charge in [-0.15, -0.1) is 0 Å². The van der Waals surface area contributed by atoms with E-state index in [0.717, 1.165) is 42.7 Å². The summed E-state index contributed by atoms with van der Waals surface area (Å²) >= 11 is 0. The molecule has 2 amide bonds. The molecule has 192 valence electrons. The number of ether oxygens (including phenoxy) is 5. The summed E-state index contributed by atoms with van der Waals surface area (Å²) in [6, 6.07) is 7.26. The fourth-order valence-electron chi connectivity index (χ4n) is 5.81. The van der Waals surface area contributed by atoms with Gasteiger partial charge >= 0.3 is 0 Å². The van der Waals surface area contributed by atoms with Crippen molar-refractivity contribution in [2.45, 2.75) is 44.1 Å². The van der Waals surface area contributed by atoms with Crippen molar-refractivity contribution in [2.75, 3.05) is 40.6 Å². The lowest BCUT2D eigenvalue weighted by Gasteiger charge is -2.46. The molecule has 1 atom stereocenters. The van der Waals surface area contributed by atoms with Gasteiger partial charge in [-0.3, -0.25) is 9.59 Å². The van der Waals surface area contributed by atoms with E-state index in [1.165, 1.54) is 19.8 Å². The average molecular weight is 497 g/mol. The predicted molar refractivity (Wildman–Crippen MR) is 131 cm³/mol. The number of carbonyl (C=O) groups excluding carboxylic acids is 2. The van der Waals surface area contributed by atoms with Gasteiger partial charge in [0.2, 0.25) is 5.75 Å². The van der Waals surface area contributed by atoms with Crippen LogP contribution in [0, 0.1) is 0 Å². The maximum atomic E-state index is 14.0. The van der Waals surface area contributed by atoms with E-state index >= 15 is 0 Å². The first-order valence-electron chi connectivity index (χ1n) is 12.3. The van der Waals surface area contributed by atoms with Crippen LogP contribution in [0.1, 0.15) is 60.1 Å². The van der Waals surface area contributed by atoms with Crippen LogP contribution in [-0.4, -0.2) is 57.3 Å². The van der Waals surface area contributed by atoms with Gasteiger partial charge in [-0.1, -0.05) is 12.8 Å². The van der Waals surface area contributed by atoms with Crippen LogP contribution in [0.4, 0.5) is 0 Å². The quantitative estimate of drug-likeness (QED) is 0.653. The SMILES string of the molecule is COc1cc(C(=O)N2CC3(CCCC3)c3cc4c(cc3[C@H]2C)OCCO4)cc(OC)c1OCC(N)=O. The molecule has 2 N–H and O–H groups in total. The fraction of sp³-hybridized carbons (Fsp3) is 0.481. The average Bonchev–Trinajstić information content (AvgIpc) is 3.37. The zero-order valence-electron chi connectivity index (χ0n) is 20.9. The van der Waals surface area contributed by atoms with Crippen LogP contribution in [-0.2, 0) is 10.2 Å². The van der Waals surface area contributed by atoms with E-state index in [4.69, 9.17) is 29.4 Å². The number of primary amides is 1. The molecular weight excluding hydrogens is 464 g/mol. The Morgan fingerprint density at radius 2 is 1.64 bits per heavy atom. The molecule has 1 saturated carbocycles. The molecule has 2 aliphatic heterocycles. The lowest BCUT2D eigenvalue weighted by Crippen LogP contribution is -2.48. The second-order valence-electron chi connectivity index (χ2n) is 9.64. The largest absolute Gasteiger partial charge is 0.493 e. The third-order valence-corrected chi connectivity index (χ3v) is 7.56. The summed E-state index contributed by atoms with van der Waals surface area (Å²) in [5.74, 6) is 1.57. The molecule has 1 spiro atoms. The van der Waals surface area contributed by atoms with Crippen LogP contribution >= 0.6 is 0 Å². The number of hydrogen-bond donors (Lipinski definition) is 1. The Morgan fingerprint density at radius 3 is 2.22 bits per heavy atom. The number of methoxy groups -OCH3 is 2. The minimum Gasteiger partial charge on any atom is -0.493 e. The number of nitrogens with two attached hydrogens (primary N) is 1. The number of fused-ring (bicyclic) bond motifs is 3. The highest BCUT2D eigenvalue weighted by atomic mass is 16.6. The number of rotatable bonds is 6. The van der Waals surface area contributed by atoms with Crippen molar-refractivity contribution >= 4 is 11.8 Å². The summed E-state index contributed by atoms with van der Waals surface area (Å²) in [4.78, 5) is 27.2. The molecule has 36 heavy (non-hydrogen) atoms. The van der Waals surface area contributed by atoms with Crippen LogP contribution in [0.2, 0.25) is 0 Å². The molecule has 3 aliphatic rings. The molecular formula is C27H32N2O7. The third-order valence-electron chi connectivity index (χ3n) is 7.56. The standard InChI is InChI=1S/C27H32N2O7/c1-16-18-12-20-21(35-9-8-34-20)13-19(18)27(6-4-5-7-27)15-29(16)26(31)17-10-22(32-2)25(23(11-17)33-3)36-14-24(28)30/h10-13,16H,4-9,14-15H2,1-3H3,(H2,28,30)/t16-/m1/s1. The Balaban J connectivity index is 1.54. The zero-order chi connectivity index (χ0) is 25.4. The van der Waals surface area contributed by atoms with E-state index in [2.05, 4.69) is 12.1 Å². The van der Waals surface area contributed by atoms with E-state index in [0.29, 0.717) is 36.8 Å². The lowest BCUT2D eigenvalue weighted by molar-refractivity contribution is -0.120. The minimum absolute atomic E-state index is 0.119. The number of nitrogens with zero attached hydrogens (tertiary/aromatic N) is 1. The first-order chi connectivity index (χ1) is 17.4. The Labute approximate surface area is 210 Å². The molecule has 2 aromatic rings. The van der Waals surface area contributed by atoms with Crippen LogP contribution in [0.3, 0.4) is 0 Å². The molecule has 0 radical (unpaired) electrons. The highest BCUT2D eigenvalue weighted by Crippen LogP contribution is 2.52. The van der Waals surface area contributed by atoms with Gasteiger partial charge in [-0.25, -0.2) is 0 Å². The molecule has 0 aromatic heterocycles. The van der Waals surface area contributed by atoms with Crippen molar-refractivity contribution < 1.29 is 33.3 Å². The summed E-state index contributed by atoms with van der Waals surface area (Å²) in [5.41, 5.74) is 7.89. The van der Waals surface area contributed by atoms with Crippen molar-refractivity contribution in [3.63, 3.8) is 0 Å². The van der Waals surface area contributed by atoms with Gasteiger partial charge in [0.05, 0.1) is 20.3 Å². The Kier molecular flexibility index (Phi) is 6.32. The molecule has 9 heteroatoms. The van der Waals surface area contributed by atoms with Gasteiger partial charge in [-0.05, 0) is 55.2 Å². The van der Waals surface area contributed by atoms with Crippen molar-refractivity contribution in [3.8, 4) is 28.7 Å². The van der Waals surface area contributed by atoms with Gasteiger partial charge in [0.1, 0.15) is 13.2 Å². The molecule has 0 unspecified atom stereocenters. The minimum atomic E-state index is -0.626. The highest BCUT2D eigenvalue weighted by Gasteiger charge is 2.46. The smallest absolute Gasteiger partial charge is 0.255 e. The van der Waals surface area contributed by atoms with Gasteiger partial charge in [0.15, 0.2) is 29.6 Å².